The fraction of sp³-hybridized carbons (Fsp3) is 0.562. The van der Waals surface area contributed by atoms with Gasteiger partial charge in [-0.3, -0.25) is 4.90 Å². The molecule has 0 aliphatic carbocycles. The second-order valence-electron chi connectivity index (χ2n) is 5.38. The van der Waals surface area contributed by atoms with Crippen LogP contribution in [-0.2, 0) is 6.42 Å². The maximum absolute atomic E-state index is 8.74. The summed E-state index contributed by atoms with van der Waals surface area (Å²) in [6, 6.07) is 13.5. The Morgan fingerprint density at radius 2 is 1.94 bits per heavy atom. The van der Waals surface area contributed by atoms with E-state index >= 15 is 0 Å². The summed E-state index contributed by atoms with van der Waals surface area (Å²) in [4.78, 5) is 2.46. The number of rotatable bonds is 4. The first kappa shape index (κ1) is 13.1. The molecule has 0 saturated carbocycles. The van der Waals surface area contributed by atoms with Gasteiger partial charge in [0, 0.05) is 6.04 Å². The number of hydrogen-bond donors (Lipinski definition) is 0. The second-order valence-corrected chi connectivity index (χ2v) is 5.38. The summed E-state index contributed by atoms with van der Waals surface area (Å²) >= 11 is 0. The fourth-order valence-corrected chi connectivity index (χ4v) is 2.81. The highest BCUT2D eigenvalue weighted by Gasteiger charge is 2.22. The number of hydrogen-bond acceptors (Lipinski definition) is 2. The number of likely N-dealkylation sites (tertiary alicyclic amines) is 1. The molecule has 2 rings (SSSR count). The zero-order valence-electron chi connectivity index (χ0n) is 11.2. The number of benzene rings is 1. The summed E-state index contributed by atoms with van der Waals surface area (Å²) in [6.45, 7) is 4.47. The minimum absolute atomic E-state index is 0.424. The first-order chi connectivity index (χ1) is 8.79. The van der Waals surface area contributed by atoms with E-state index < -0.39 is 0 Å². The molecule has 0 spiro atoms. The van der Waals surface area contributed by atoms with E-state index in [0.717, 1.165) is 19.0 Å². The largest absolute Gasteiger partial charge is 0.300 e. The highest BCUT2D eigenvalue weighted by Crippen LogP contribution is 2.23. The van der Waals surface area contributed by atoms with Crippen molar-refractivity contribution in [3.05, 3.63) is 35.9 Å². The zero-order valence-corrected chi connectivity index (χ0v) is 11.2. The molecule has 1 aromatic rings. The molecule has 1 aliphatic rings. The summed E-state index contributed by atoms with van der Waals surface area (Å²) in [5.74, 6) is 0.818. The lowest BCUT2D eigenvalue weighted by atomic mass is 9.89. The molecule has 1 unspecified atom stereocenters. The van der Waals surface area contributed by atoms with Gasteiger partial charge in [0.05, 0.1) is 12.5 Å². The van der Waals surface area contributed by atoms with Crippen LogP contribution in [0.25, 0.3) is 0 Å². The van der Waals surface area contributed by atoms with Crippen molar-refractivity contribution in [3.8, 4) is 6.07 Å². The summed E-state index contributed by atoms with van der Waals surface area (Å²) < 4.78 is 0. The lowest BCUT2D eigenvalue weighted by Gasteiger charge is -2.35. The van der Waals surface area contributed by atoms with Crippen LogP contribution >= 0.6 is 0 Å². The van der Waals surface area contributed by atoms with Crippen molar-refractivity contribution in [1.82, 2.24) is 4.90 Å². The summed E-state index contributed by atoms with van der Waals surface area (Å²) in [5, 5.41) is 8.74. The van der Waals surface area contributed by atoms with E-state index in [1.807, 2.05) is 0 Å². The topological polar surface area (TPSA) is 27.0 Å². The Hall–Kier alpha value is -1.33. The third kappa shape index (κ3) is 3.58. The number of nitriles is 1. The quantitative estimate of drug-likeness (QED) is 0.810. The lowest BCUT2D eigenvalue weighted by Crippen LogP contribution is -2.40. The van der Waals surface area contributed by atoms with Crippen molar-refractivity contribution in [2.75, 3.05) is 13.1 Å². The fourth-order valence-electron chi connectivity index (χ4n) is 2.81. The zero-order chi connectivity index (χ0) is 12.8. The van der Waals surface area contributed by atoms with Gasteiger partial charge in [-0.2, -0.15) is 5.26 Å². The van der Waals surface area contributed by atoms with Crippen LogP contribution in [0.2, 0.25) is 0 Å². The Kier molecular flexibility index (Phi) is 4.78. The van der Waals surface area contributed by atoms with Gasteiger partial charge in [-0.05, 0) is 50.8 Å². The molecule has 0 aromatic heterocycles. The van der Waals surface area contributed by atoms with E-state index in [1.165, 1.54) is 24.8 Å². The molecule has 1 fully saturated rings. The lowest BCUT2D eigenvalue weighted by molar-refractivity contribution is 0.142. The molecule has 18 heavy (non-hydrogen) atoms. The molecular weight excluding hydrogens is 220 g/mol. The van der Waals surface area contributed by atoms with Crippen LogP contribution in [0.5, 0.6) is 0 Å². The van der Waals surface area contributed by atoms with Gasteiger partial charge in [0.2, 0.25) is 0 Å². The van der Waals surface area contributed by atoms with Crippen molar-refractivity contribution in [3.63, 3.8) is 0 Å². The molecule has 1 atom stereocenters. The van der Waals surface area contributed by atoms with E-state index in [2.05, 4.69) is 48.2 Å². The maximum atomic E-state index is 8.74. The molecule has 2 nitrogen and oxygen atoms in total. The summed E-state index contributed by atoms with van der Waals surface area (Å²) in [6.07, 6.45) is 4.40. The van der Waals surface area contributed by atoms with Crippen LogP contribution < -0.4 is 0 Å². The van der Waals surface area contributed by atoms with Gasteiger partial charge < -0.3 is 0 Å². The Labute approximate surface area is 110 Å². The standard InChI is InChI=1S/C16H22N2/c1-14(7-10-17)18-11-8-16(9-12-18)13-15-5-3-2-4-6-15/h2-6,14,16H,7-9,11-13H2,1H3. The summed E-state index contributed by atoms with van der Waals surface area (Å²) in [7, 11) is 0. The molecule has 2 heteroatoms. The van der Waals surface area contributed by atoms with Gasteiger partial charge in [0.15, 0.2) is 0 Å². The Morgan fingerprint density at radius 1 is 1.28 bits per heavy atom. The van der Waals surface area contributed by atoms with Gasteiger partial charge in [-0.25, -0.2) is 0 Å². The summed E-state index contributed by atoms with van der Waals surface area (Å²) in [5.41, 5.74) is 1.46. The van der Waals surface area contributed by atoms with E-state index in [0.29, 0.717) is 12.5 Å². The monoisotopic (exact) mass is 242 g/mol. The van der Waals surface area contributed by atoms with Crippen LogP contribution in [0.15, 0.2) is 30.3 Å². The van der Waals surface area contributed by atoms with E-state index in [4.69, 9.17) is 5.26 Å². The van der Waals surface area contributed by atoms with Crippen LogP contribution in [0.3, 0.4) is 0 Å². The van der Waals surface area contributed by atoms with Gasteiger partial charge >= 0.3 is 0 Å². The van der Waals surface area contributed by atoms with Crippen LogP contribution in [-0.4, -0.2) is 24.0 Å². The molecule has 0 radical (unpaired) electrons. The second kappa shape index (κ2) is 6.56. The van der Waals surface area contributed by atoms with Crippen molar-refractivity contribution in [1.29, 1.82) is 5.26 Å². The van der Waals surface area contributed by atoms with Crippen molar-refractivity contribution >= 4 is 0 Å². The maximum Gasteiger partial charge on any atom is 0.0638 e. The van der Waals surface area contributed by atoms with Crippen LogP contribution in [0, 0.1) is 17.2 Å². The molecule has 1 aromatic carbocycles. The Bertz CT molecular complexity index is 385. The predicted molar refractivity (Wildman–Crippen MR) is 74.1 cm³/mol. The van der Waals surface area contributed by atoms with E-state index in [-0.39, 0.29) is 0 Å². The number of nitrogens with zero attached hydrogens (tertiary/aromatic N) is 2. The smallest absolute Gasteiger partial charge is 0.0638 e. The van der Waals surface area contributed by atoms with Gasteiger partial charge in [0.25, 0.3) is 0 Å². The predicted octanol–water partition coefficient (Wildman–Crippen LogP) is 3.24. The van der Waals surface area contributed by atoms with Crippen LogP contribution in [0.1, 0.15) is 31.7 Å². The highest BCUT2D eigenvalue weighted by atomic mass is 15.2. The van der Waals surface area contributed by atoms with Crippen molar-refractivity contribution < 1.29 is 0 Å². The van der Waals surface area contributed by atoms with Gasteiger partial charge in [-0.15, -0.1) is 0 Å². The molecule has 0 amide bonds. The Balaban J connectivity index is 1.79. The minimum Gasteiger partial charge on any atom is -0.300 e. The van der Waals surface area contributed by atoms with Crippen molar-refractivity contribution in [2.24, 2.45) is 5.92 Å². The molecular formula is C16H22N2. The average molecular weight is 242 g/mol. The first-order valence-electron chi connectivity index (χ1n) is 6.94. The SMILES string of the molecule is CC(CC#N)N1CCC(Cc2ccccc2)CC1. The molecule has 1 heterocycles. The normalized spacial score (nSPS) is 19.3. The van der Waals surface area contributed by atoms with Gasteiger partial charge in [-0.1, -0.05) is 30.3 Å². The average Bonchev–Trinajstić information content (AvgIpc) is 2.41. The molecule has 96 valence electrons. The highest BCUT2D eigenvalue weighted by molar-refractivity contribution is 5.15. The molecule has 0 bridgehead atoms. The van der Waals surface area contributed by atoms with E-state index in [1.54, 1.807) is 0 Å². The Morgan fingerprint density at radius 3 is 2.56 bits per heavy atom. The van der Waals surface area contributed by atoms with E-state index in [9.17, 15) is 0 Å². The minimum atomic E-state index is 0.424. The number of piperidine rings is 1. The third-order valence-corrected chi connectivity index (χ3v) is 4.03. The van der Waals surface area contributed by atoms with Gasteiger partial charge in [0.1, 0.15) is 0 Å². The van der Waals surface area contributed by atoms with Crippen LogP contribution in [0.4, 0.5) is 0 Å². The van der Waals surface area contributed by atoms with Crippen molar-refractivity contribution in [2.45, 2.75) is 38.6 Å². The third-order valence-electron chi connectivity index (χ3n) is 4.03. The first-order valence-corrected chi connectivity index (χ1v) is 6.94. The molecule has 1 aliphatic heterocycles. The molecule has 1 saturated heterocycles. The molecule has 0 N–H and O–H groups in total.